The van der Waals surface area contributed by atoms with E-state index in [4.69, 9.17) is 9.15 Å². The molecular formula is C24H25NO4. The lowest BCUT2D eigenvalue weighted by molar-refractivity contribution is -0.116. The molecule has 0 atom stereocenters. The van der Waals surface area contributed by atoms with E-state index in [1.807, 2.05) is 32.1 Å². The van der Waals surface area contributed by atoms with Gasteiger partial charge in [0.1, 0.15) is 12.4 Å². The van der Waals surface area contributed by atoms with Crippen LogP contribution < -0.4 is 10.1 Å². The number of likely N-dealkylation sites (N-methyl/N-ethyl adjacent to an activating group) is 1. The zero-order chi connectivity index (χ0) is 21.0. The zero-order valence-electron chi connectivity index (χ0n) is 17.1. The molecule has 0 spiro atoms. The van der Waals surface area contributed by atoms with Crippen molar-refractivity contribution in [3.8, 4) is 22.6 Å². The minimum Gasteiger partial charge on any atom is -0.504 e. The predicted octanol–water partition coefficient (Wildman–Crippen LogP) is 5.00. The van der Waals surface area contributed by atoms with Gasteiger partial charge in [-0.25, -0.2) is 0 Å². The molecule has 0 saturated carbocycles. The highest BCUT2D eigenvalue weighted by Gasteiger charge is 2.11. The smallest absolute Gasteiger partial charge is 0.246 e. The van der Waals surface area contributed by atoms with Crippen molar-refractivity contribution < 1.29 is 19.1 Å². The van der Waals surface area contributed by atoms with Crippen LogP contribution in [-0.2, 0) is 11.4 Å². The Kier molecular flexibility index (Phi) is 6.07. The van der Waals surface area contributed by atoms with E-state index >= 15 is 0 Å². The van der Waals surface area contributed by atoms with Gasteiger partial charge >= 0.3 is 0 Å². The molecule has 29 heavy (non-hydrogen) atoms. The first-order valence-electron chi connectivity index (χ1n) is 9.39. The van der Waals surface area contributed by atoms with Gasteiger partial charge in [0, 0.05) is 12.6 Å². The van der Waals surface area contributed by atoms with Crippen molar-refractivity contribution in [3.63, 3.8) is 0 Å². The Morgan fingerprint density at radius 1 is 1.17 bits per heavy atom. The van der Waals surface area contributed by atoms with Gasteiger partial charge in [0.2, 0.25) is 5.91 Å². The first-order valence-corrected chi connectivity index (χ1v) is 9.39. The number of hydrogen-bond acceptors (Lipinski definition) is 4. The summed E-state index contributed by atoms with van der Waals surface area (Å²) >= 11 is 0. The third-order valence-electron chi connectivity index (χ3n) is 4.79. The van der Waals surface area contributed by atoms with Crippen LogP contribution in [0.15, 0.2) is 58.7 Å². The van der Waals surface area contributed by atoms with Crippen molar-refractivity contribution >= 4 is 12.0 Å². The molecule has 3 aromatic rings. The van der Waals surface area contributed by atoms with Crippen LogP contribution in [0.5, 0.6) is 11.5 Å². The fourth-order valence-corrected chi connectivity index (χ4v) is 3.15. The number of carbonyl (C=O) groups is 1. The average Bonchev–Trinajstić information content (AvgIpc) is 3.22. The van der Waals surface area contributed by atoms with E-state index in [1.165, 1.54) is 0 Å². The van der Waals surface area contributed by atoms with Crippen molar-refractivity contribution in [1.82, 2.24) is 5.32 Å². The average molecular weight is 391 g/mol. The van der Waals surface area contributed by atoms with E-state index in [-0.39, 0.29) is 18.3 Å². The number of furan rings is 1. The maximum Gasteiger partial charge on any atom is 0.246 e. The van der Waals surface area contributed by atoms with Gasteiger partial charge in [0.15, 0.2) is 11.5 Å². The largest absolute Gasteiger partial charge is 0.504 e. The second kappa shape index (κ2) is 8.69. The Bertz CT molecular complexity index is 1050. The highest BCUT2D eigenvalue weighted by molar-refractivity contribution is 5.97. The molecule has 5 nitrogen and oxygen atoms in total. The highest BCUT2D eigenvalue weighted by atomic mass is 16.5. The topological polar surface area (TPSA) is 71.7 Å². The highest BCUT2D eigenvalue weighted by Crippen LogP contribution is 2.34. The molecule has 0 saturated heterocycles. The summed E-state index contributed by atoms with van der Waals surface area (Å²) in [6, 6.07) is 13.1. The third kappa shape index (κ3) is 4.69. The maximum absolute atomic E-state index is 11.8. The molecule has 0 fully saturated rings. The molecule has 3 rings (SSSR count). The summed E-state index contributed by atoms with van der Waals surface area (Å²) in [5.41, 5.74) is 5.66. The number of rotatable bonds is 6. The molecule has 0 unspecified atom stereocenters. The second-order valence-corrected chi connectivity index (χ2v) is 6.98. The number of ether oxygens (including phenoxy) is 1. The minimum absolute atomic E-state index is 0.0746. The molecule has 0 bridgehead atoms. The Morgan fingerprint density at radius 3 is 2.62 bits per heavy atom. The van der Waals surface area contributed by atoms with Crippen LogP contribution in [0.3, 0.4) is 0 Å². The number of phenols is 1. The third-order valence-corrected chi connectivity index (χ3v) is 4.79. The lowest BCUT2D eigenvalue weighted by Crippen LogP contribution is -2.18. The number of hydrogen-bond donors (Lipinski definition) is 2. The predicted molar refractivity (Wildman–Crippen MR) is 114 cm³/mol. The summed E-state index contributed by atoms with van der Waals surface area (Å²) in [7, 11) is 1.62. The van der Waals surface area contributed by atoms with Crippen LogP contribution in [0.2, 0.25) is 0 Å². The van der Waals surface area contributed by atoms with Gasteiger partial charge in [-0.2, -0.15) is 0 Å². The Balaban J connectivity index is 1.85. The first-order chi connectivity index (χ1) is 13.9. The molecule has 1 heterocycles. The van der Waals surface area contributed by atoms with Crippen LogP contribution in [0.1, 0.15) is 29.4 Å². The van der Waals surface area contributed by atoms with Crippen LogP contribution in [0.25, 0.3) is 17.2 Å². The summed E-state index contributed by atoms with van der Waals surface area (Å²) in [5, 5.41) is 13.0. The molecule has 1 aromatic heterocycles. The van der Waals surface area contributed by atoms with Gasteiger partial charge < -0.3 is 19.6 Å². The Hall–Kier alpha value is -3.47. The summed E-state index contributed by atoms with van der Waals surface area (Å²) < 4.78 is 10.9. The molecule has 2 N–H and O–H groups in total. The fraction of sp³-hybridized carbons (Fsp3) is 0.208. The van der Waals surface area contributed by atoms with E-state index < -0.39 is 0 Å². The van der Waals surface area contributed by atoms with E-state index in [2.05, 4.69) is 17.4 Å². The SMILES string of the molecule is CNC(=O)C(C)=Cc1cc(C)c(-c2ccc(OCc3ccco3)c(O)c2)cc1C. The van der Waals surface area contributed by atoms with Crippen LogP contribution >= 0.6 is 0 Å². The number of phenolic OH excluding ortho intramolecular Hbond substituents is 1. The second-order valence-electron chi connectivity index (χ2n) is 6.98. The van der Waals surface area contributed by atoms with Crippen molar-refractivity contribution in [1.29, 1.82) is 0 Å². The molecule has 0 aliphatic heterocycles. The number of amides is 1. The summed E-state index contributed by atoms with van der Waals surface area (Å²) in [6.45, 7) is 6.07. The number of aromatic hydroxyl groups is 1. The standard InChI is InChI=1S/C24H25NO4/c1-15-12-21(16(2)10-19(15)11-17(3)24(27)25-4)18-7-8-23(22(26)13-18)29-14-20-6-5-9-28-20/h5-13,26H,14H2,1-4H3,(H,25,27). The number of benzene rings is 2. The van der Waals surface area contributed by atoms with Crippen LogP contribution in [0, 0.1) is 13.8 Å². The molecule has 150 valence electrons. The molecular weight excluding hydrogens is 366 g/mol. The molecule has 0 radical (unpaired) electrons. The quantitative estimate of drug-likeness (QED) is 0.580. The summed E-state index contributed by atoms with van der Waals surface area (Å²) in [5.74, 6) is 1.07. The van der Waals surface area contributed by atoms with Crippen molar-refractivity contribution in [2.24, 2.45) is 0 Å². The lowest BCUT2D eigenvalue weighted by atomic mass is 9.94. The number of aryl methyl sites for hydroxylation is 2. The van der Waals surface area contributed by atoms with Gasteiger partial charge in [0.25, 0.3) is 0 Å². The van der Waals surface area contributed by atoms with Crippen LogP contribution in [-0.4, -0.2) is 18.1 Å². The van der Waals surface area contributed by atoms with E-state index in [0.29, 0.717) is 17.1 Å². The zero-order valence-corrected chi connectivity index (χ0v) is 17.1. The Morgan fingerprint density at radius 2 is 1.97 bits per heavy atom. The van der Waals surface area contributed by atoms with Gasteiger partial charge in [-0.15, -0.1) is 0 Å². The lowest BCUT2D eigenvalue weighted by Gasteiger charge is -2.13. The Labute approximate surface area is 170 Å². The first kappa shape index (κ1) is 20.3. The maximum atomic E-state index is 11.8. The molecule has 0 aliphatic carbocycles. The number of carbonyl (C=O) groups excluding carboxylic acids is 1. The molecule has 0 aliphatic rings. The molecule has 5 heteroatoms. The van der Waals surface area contributed by atoms with Crippen LogP contribution in [0.4, 0.5) is 0 Å². The van der Waals surface area contributed by atoms with Gasteiger partial charge in [-0.3, -0.25) is 4.79 Å². The van der Waals surface area contributed by atoms with Gasteiger partial charge in [-0.05, 0) is 78.9 Å². The van der Waals surface area contributed by atoms with Crippen molar-refractivity contribution in [2.45, 2.75) is 27.4 Å². The van der Waals surface area contributed by atoms with Gasteiger partial charge in [0.05, 0.1) is 6.26 Å². The van der Waals surface area contributed by atoms with Crippen molar-refractivity contribution in [2.75, 3.05) is 7.05 Å². The monoisotopic (exact) mass is 391 g/mol. The normalized spacial score (nSPS) is 11.4. The summed E-state index contributed by atoms with van der Waals surface area (Å²) in [4.78, 5) is 11.8. The van der Waals surface area contributed by atoms with E-state index in [1.54, 1.807) is 38.4 Å². The molecule has 1 amide bonds. The van der Waals surface area contributed by atoms with E-state index in [9.17, 15) is 9.90 Å². The number of nitrogens with one attached hydrogen (secondary N) is 1. The summed E-state index contributed by atoms with van der Waals surface area (Å²) in [6.07, 6.45) is 3.47. The van der Waals surface area contributed by atoms with E-state index in [0.717, 1.165) is 27.8 Å². The minimum atomic E-state index is -0.0961. The fourth-order valence-electron chi connectivity index (χ4n) is 3.15. The van der Waals surface area contributed by atoms with Gasteiger partial charge in [-0.1, -0.05) is 18.2 Å². The van der Waals surface area contributed by atoms with Crippen molar-refractivity contribution in [3.05, 3.63) is 76.8 Å². The molecule has 2 aromatic carbocycles.